The number of hydrogen-bond donors (Lipinski definition) is 0. The zero-order chi connectivity index (χ0) is 17.3. The van der Waals surface area contributed by atoms with E-state index in [2.05, 4.69) is 15.0 Å². The first-order valence-electron chi connectivity index (χ1n) is 7.63. The molecule has 0 saturated carbocycles. The molecule has 124 valence electrons. The molecular formula is C16H17N5O2S. The minimum Gasteiger partial charge on any atom is -0.292 e. The maximum absolute atomic E-state index is 12.6. The molecule has 0 N–H and O–H groups in total. The van der Waals surface area contributed by atoms with E-state index in [1.54, 1.807) is 40.7 Å². The molecule has 0 aliphatic heterocycles. The van der Waals surface area contributed by atoms with Gasteiger partial charge in [0.25, 0.3) is 5.56 Å². The average Bonchev–Trinajstić information content (AvgIpc) is 2.92. The van der Waals surface area contributed by atoms with E-state index in [4.69, 9.17) is 0 Å². The molecule has 0 aliphatic carbocycles. The molecule has 3 rings (SSSR count). The number of rotatable bonds is 5. The second-order valence-corrected chi connectivity index (χ2v) is 5.86. The number of ketones is 1. The number of Topliss-reactive ketones (excluding diaryl/α,β-unsaturated/α-hetero) is 1. The maximum atomic E-state index is 12.6. The molecule has 3 aromatic rings. The predicted octanol–water partition coefficient (Wildman–Crippen LogP) is 2.31. The van der Waals surface area contributed by atoms with Crippen LogP contribution in [0.1, 0.15) is 30.8 Å². The summed E-state index contributed by atoms with van der Waals surface area (Å²) in [5, 5.41) is 1.01. The van der Waals surface area contributed by atoms with Gasteiger partial charge in [0.05, 0.1) is 0 Å². The number of carbonyl (C=O) groups excluding carboxylic acids is 1. The fraction of sp³-hybridized carbons (Fsp3) is 0.312. The van der Waals surface area contributed by atoms with Crippen LogP contribution in [-0.2, 0) is 6.54 Å². The van der Waals surface area contributed by atoms with Crippen molar-refractivity contribution in [1.29, 1.82) is 0 Å². The molecule has 8 heteroatoms. The zero-order valence-corrected chi connectivity index (χ0v) is 14.5. The summed E-state index contributed by atoms with van der Waals surface area (Å²) in [5.41, 5.74) is 0.704. The van der Waals surface area contributed by atoms with Crippen molar-refractivity contribution in [1.82, 2.24) is 24.3 Å². The van der Waals surface area contributed by atoms with Crippen LogP contribution in [0.25, 0.3) is 16.9 Å². The second-order valence-electron chi connectivity index (χ2n) is 5.08. The van der Waals surface area contributed by atoms with Crippen LogP contribution in [0.3, 0.4) is 0 Å². The second kappa shape index (κ2) is 6.56. The quantitative estimate of drug-likeness (QED) is 0.402. The third-order valence-electron chi connectivity index (χ3n) is 3.69. The van der Waals surface area contributed by atoms with Gasteiger partial charge in [0.2, 0.25) is 0 Å². The van der Waals surface area contributed by atoms with Crippen molar-refractivity contribution in [3.8, 4) is 5.82 Å². The van der Waals surface area contributed by atoms with Gasteiger partial charge < -0.3 is 0 Å². The Bertz CT molecular complexity index is 976. The summed E-state index contributed by atoms with van der Waals surface area (Å²) < 4.78 is 3.21. The van der Waals surface area contributed by atoms with Crippen molar-refractivity contribution >= 4 is 28.6 Å². The van der Waals surface area contributed by atoms with Gasteiger partial charge in [-0.3, -0.25) is 9.59 Å². The summed E-state index contributed by atoms with van der Waals surface area (Å²) in [6.45, 7) is 4.12. The zero-order valence-electron chi connectivity index (χ0n) is 13.7. The topological polar surface area (TPSA) is 82.7 Å². The lowest BCUT2D eigenvalue weighted by atomic mass is 10.2. The Hall–Kier alpha value is -2.48. The first-order chi connectivity index (χ1) is 11.6. The molecule has 7 nitrogen and oxygen atoms in total. The van der Waals surface area contributed by atoms with Gasteiger partial charge in [-0.25, -0.2) is 24.3 Å². The van der Waals surface area contributed by atoms with Gasteiger partial charge in [-0.2, -0.15) is 0 Å². The van der Waals surface area contributed by atoms with E-state index in [1.165, 1.54) is 11.8 Å². The minimum atomic E-state index is -0.172. The monoisotopic (exact) mass is 343 g/mol. The van der Waals surface area contributed by atoms with Crippen molar-refractivity contribution in [2.75, 3.05) is 6.26 Å². The number of aromatic nitrogens is 5. The highest BCUT2D eigenvalue weighted by Crippen LogP contribution is 2.17. The SMILES string of the molecule is CCC(=O)c1cccc(-n2c3nc(SC)ncc3c(=O)n2CC)n1. The van der Waals surface area contributed by atoms with Gasteiger partial charge in [0.1, 0.15) is 11.1 Å². The van der Waals surface area contributed by atoms with E-state index in [1.807, 2.05) is 13.2 Å². The highest BCUT2D eigenvalue weighted by atomic mass is 32.2. The third-order valence-corrected chi connectivity index (χ3v) is 4.26. The Balaban J connectivity index is 2.32. The Morgan fingerprint density at radius 3 is 2.71 bits per heavy atom. The third kappa shape index (κ3) is 2.62. The molecule has 3 heterocycles. The Kier molecular flexibility index (Phi) is 4.48. The highest BCUT2D eigenvalue weighted by Gasteiger charge is 2.18. The predicted molar refractivity (Wildman–Crippen MR) is 93.0 cm³/mol. The number of fused-ring (bicyclic) bond motifs is 1. The van der Waals surface area contributed by atoms with Gasteiger partial charge in [0.15, 0.2) is 22.4 Å². The number of thioether (sulfide) groups is 1. The largest absolute Gasteiger partial charge is 0.292 e. The first-order valence-corrected chi connectivity index (χ1v) is 8.86. The minimum absolute atomic E-state index is 0.0434. The van der Waals surface area contributed by atoms with Crippen LogP contribution < -0.4 is 5.56 Å². The molecule has 3 aromatic heterocycles. The molecule has 0 aliphatic rings. The Morgan fingerprint density at radius 1 is 1.25 bits per heavy atom. The van der Waals surface area contributed by atoms with E-state index in [0.717, 1.165) is 0 Å². The molecule has 0 atom stereocenters. The van der Waals surface area contributed by atoms with Crippen LogP contribution in [0.15, 0.2) is 34.3 Å². The molecule has 0 spiro atoms. The van der Waals surface area contributed by atoms with Crippen LogP contribution in [-0.4, -0.2) is 36.4 Å². The molecule has 0 bridgehead atoms. The van der Waals surface area contributed by atoms with E-state index in [0.29, 0.717) is 40.7 Å². The lowest BCUT2D eigenvalue weighted by Gasteiger charge is -2.10. The van der Waals surface area contributed by atoms with Crippen LogP contribution in [0, 0.1) is 0 Å². The summed E-state index contributed by atoms with van der Waals surface area (Å²) in [4.78, 5) is 37.6. The number of hydrogen-bond acceptors (Lipinski definition) is 6. The van der Waals surface area contributed by atoms with Crippen molar-refractivity contribution in [2.45, 2.75) is 32.0 Å². The van der Waals surface area contributed by atoms with Crippen molar-refractivity contribution in [3.05, 3.63) is 40.4 Å². The molecule has 0 aromatic carbocycles. The van der Waals surface area contributed by atoms with E-state index in [-0.39, 0.29) is 11.3 Å². The van der Waals surface area contributed by atoms with Crippen molar-refractivity contribution in [3.63, 3.8) is 0 Å². The lowest BCUT2D eigenvalue weighted by Crippen LogP contribution is -2.22. The van der Waals surface area contributed by atoms with Gasteiger partial charge in [-0.15, -0.1) is 0 Å². The maximum Gasteiger partial charge on any atom is 0.278 e. The summed E-state index contributed by atoms with van der Waals surface area (Å²) >= 11 is 1.40. The number of nitrogens with zero attached hydrogens (tertiary/aromatic N) is 5. The Morgan fingerprint density at radius 2 is 2.04 bits per heavy atom. The van der Waals surface area contributed by atoms with Crippen LogP contribution in [0.5, 0.6) is 0 Å². The number of pyridine rings is 1. The molecule has 24 heavy (non-hydrogen) atoms. The summed E-state index contributed by atoms with van der Waals surface area (Å²) in [7, 11) is 0. The van der Waals surface area contributed by atoms with E-state index >= 15 is 0 Å². The van der Waals surface area contributed by atoms with Crippen LogP contribution >= 0.6 is 11.8 Å². The smallest absolute Gasteiger partial charge is 0.278 e. The molecule has 0 radical (unpaired) electrons. The fourth-order valence-electron chi connectivity index (χ4n) is 2.51. The normalized spacial score (nSPS) is 11.1. The van der Waals surface area contributed by atoms with Crippen LogP contribution in [0.4, 0.5) is 0 Å². The van der Waals surface area contributed by atoms with Crippen molar-refractivity contribution < 1.29 is 4.79 Å². The summed E-state index contributed by atoms with van der Waals surface area (Å²) in [6.07, 6.45) is 3.79. The van der Waals surface area contributed by atoms with Gasteiger partial charge in [-0.1, -0.05) is 24.8 Å². The van der Waals surface area contributed by atoms with Gasteiger partial charge >= 0.3 is 0 Å². The number of carbonyl (C=O) groups is 1. The first kappa shape index (κ1) is 16.4. The average molecular weight is 343 g/mol. The molecular weight excluding hydrogens is 326 g/mol. The van der Waals surface area contributed by atoms with Gasteiger partial charge in [0, 0.05) is 19.2 Å². The summed E-state index contributed by atoms with van der Waals surface area (Å²) in [5.74, 6) is 0.451. The molecule has 0 amide bonds. The van der Waals surface area contributed by atoms with Crippen LogP contribution in [0.2, 0.25) is 0 Å². The standard InChI is InChI=1S/C16H17N5O2S/c1-4-12(22)11-7-6-8-13(18-11)21-14-10(15(23)20(21)5-2)9-17-16(19-14)24-3/h6-9H,4-5H2,1-3H3. The lowest BCUT2D eigenvalue weighted by molar-refractivity contribution is 0.0983. The molecule has 0 saturated heterocycles. The van der Waals surface area contributed by atoms with Gasteiger partial charge in [-0.05, 0) is 25.3 Å². The molecule has 0 fully saturated rings. The Labute approximate surface area is 142 Å². The highest BCUT2D eigenvalue weighted by molar-refractivity contribution is 7.98. The summed E-state index contributed by atoms with van der Waals surface area (Å²) in [6, 6.07) is 5.20. The van der Waals surface area contributed by atoms with Crippen molar-refractivity contribution in [2.24, 2.45) is 0 Å². The molecule has 0 unspecified atom stereocenters. The fourth-order valence-corrected chi connectivity index (χ4v) is 2.84. The van der Waals surface area contributed by atoms with E-state index < -0.39 is 0 Å². The van der Waals surface area contributed by atoms with E-state index in [9.17, 15) is 9.59 Å².